The third-order valence-corrected chi connectivity index (χ3v) is 11.3. The first kappa shape index (κ1) is 38.4. The minimum absolute atomic E-state index is 0.0140. The highest BCUT2D eigenvalue weighted by molar-refractivity contribution is 6.23. The lowest BCUT2D eigenvalue weighted by Crippen LogP contribution is -2.40. The largest absolute Gasteiger partial charge is 0.469 e. The number of nitrogens with one attached hydrogen (secondary N) is 2. The van der Waals surface area contributed by atoms with E-state index in [0.717, 1.165) is 28.2 Å². The number of aromatic nitrogens is 4. The van der Waals surface area contributed by atoms with Crippen LogP contribution >= 0.6 is 0 Å². The fourth-order valence-electron chi connectivity index (χ4n) is 8.40. The van der Waals surface area contributed by atoms with E-state index in [0.29, 0.717) is 68.0 Å². The number of amides is 2. The van der Waals surface area contributed by atoms with E-state index in [1.807, 2.05) is 45.9 Å². The van der Waals surface area contributed by atoms with Crippen molar-refractivity contribution in [3.05, 3.63) is 104 Å². The zero-order valence-corrected chi connectivity index (χ0v) is 32.5. The first-order valence-corrected chi connectivity index (χ1v) is 18.5. The number of nitrogens with zero attached hydrogens (tertiary/aromatic N) is 3. The number of fused-ring (bicyclic) bond motifs is 8. The standard InChI is InChI=1S/C43H42F3N5O5/c1-9-27-20(3)29-17-34-36(24(7)52)22(5)31(48-34)15-30-21(4)28(10-11-35(53)56-8)39(49-30)38-40-37(23(6)32(50-40)16-33(27)47-29)41(54)51(42(38)55)18-25-12-19(2)13-26(14-25)43(44,45)46/h12-17,21,28,48,50H,9-11,18H2,1-8H3/t21-,28-/m0/s1. The zero-order valence-electron chi connectivity index (χ0n) is 32.5. The van der Waals surface area contributed by atoms with Gasteiger partial charge in [-0.25, -0.2) is 4.98 Å². The minimum Gasteiger partial charge on any atom is -0.469 e. The second-order valence-corrected chi connectivity index (χ2v) is 14.9. The maximum atomic E-state index is 14.9. The molecule has 2 atom stereocenters. The van der Waals surface area contributed by atoms with Crippen LogP contribution in [-0.2, 0) is 22.3 Å². The average molecular weight is 766 g/mol. The van der Waals surface area contributed by atoms with Crippen LogP contribution in [0.25, 0.3) is 33.2 Å². The number of hydrogen-bond donors (Lipinski definition) is 2. The molecule has 13 heteroatoms. The summed E-state index contributed by atoms with van der Waals surface area (Å²) in [6.45, 7) is 12.1. The van der Waals surface area contributed by atoms with Crippen LogP contribution in [0.3, 0.4) is 0 Å². The molecule has 56 heavy (non-hydrogen) atoms. The number of hydrogen-bond acceptors (Lipinski definition) is 7. The first-order valence-electron chi connectivity index (χ1n) is 18.5. The van der Waals surface area contributed by atoms with Crippen molar-refractivity contribution in [2.24, 2.45) is 0 Å². The summed E-state index contributed by atoms with van der Waals surface area (Å²) in [4.78, 5) is 72.8. The fourth-order valence-corrected chi connectivity index (χ4v) is 8.40. The first-order chi connectivity index (χ1) is 26.4. The third kappa shape index (κ3) is 6.42. The summed E-state index contributed by atoms with van der Waals surface area (Å²) in [6, 6.07) is 9.03. The molecule has 0 aliphatic carbocycles. The van der Waals surface area contributed by atoms with Gasteiger partial charge in [0.25, 0.3) is 11.8 Å². The minimum atomic E-state index is -4.64. The van der Waals surface area contributed by atoms with Crippen molar-refractivity contribution in [2.45, 2.75) is 92.3 Å². The van der Waals surface area contributed by atoms with Gasteiger partial charge >= 0.3 is 12.1 Å². The van der Waals surface area contributed by atoms with Crippen LogP contribution in [0.2, 0.25) is 0 Å². The van der Waals surface area contributed by atoms with Crippen LogP contribution in [-0.4, -0.2) is 55.5 Å². The van der Waals surface area contributed by atoms with E-state index in [2.05, 4.69) is 9.97 Å². The number of esters is 1. The van der Waals surface area contributed by atoms with Crippen molar-refractivity contribution in [1.82, 2.24) is 24.8 Å². The van der Waals surface area contributed by atoms with Gasteiger partial charge in [-0.3, -0.25) is 29.1 Å². The summed E-state index contributed by atoms with van der Waals surface area (Å²) < 4.78 is 46.7. The topological polar surface area (TPSA) is 138 Å². The van der Waals surface area contributed by atoms with Crippen LogP contribution in [0.4, 0.5) is 13.2 Å². The fraction of sp³-hybridized carbons (Fsp3) is 0.349. The number of H-pyrrole nitrogens is 2. The molecule has 6 heterocycles. The molecule has 3 aliphatic rings. The number of methoxy groups -OCH3 is 1. The Morgan fingerprint density at radius 1 is 0.875 bits per heavy atom. The smallest absolute Gasteiger partial charge is 0.416 e. The molecule has 3 aromatic heterocycles. The highest BCUT2D eigenvalue weighted by Gasteiger charge is 2.41. The number of carbonyl (C=O) groups is 4. The highest BCUT2D eigenvalue weighted by atomic mass is 19.4. The second kappa shape index (κ2) is 14.0. The number of imide groups is 1. The molecule has 2 amide bonds. The summed E-state index contributed by atoms with van der Waals surface area (Å²) >= 11 is 0. The van der Waals surface area contributed by atoms with E-state index in [9.17, 15) is 32.3 Å². The molecule has 3 aliphatic heterocycles. The summed E-state index contributed by atoms with van der Waals surface area (Å²) in [7, 11) is 1.29. The van der Waals surface area contributed by atoms with Crippen molar-refractivity contribution in [2.75, 3.05) is 7.11 Å². The van der Waals surface area contributed by atoms with Gasteiger partial charge in [-0.1, -0.05) is 25.5 Å². The summed E-state index contributed by atoms with van der Waals surface area (Å²) in [5.74, 6) is -2.83. The Labute approximate surface area is 321 Å². The predicted molar refractivity (Wildman–Crippen MR) is 206 cm³/mol. The Balaban J connectivity index is 1.59. The van der Waals surface area contributed by atoms with Gasteiger partial charge in [-0.2, -0.15) is 13.2 Å². The van der Waals surface area contributed by atoms with Crippen LogP contribution in [0.15, 0.2) is 36.4 Å². The number of ether oxygens (including phenoxy) is 1. The number of Topliss-reactive ketones (excluding diaryl/α,β-unsaturated/α-hetero) is 1. The lowest BCUT2D eigenvalue weighted by Gasteiger charge is -2.27. The monoisotopic (exact) mass is 765 g/mol. The van der Waals surface area contributed by atoms with E-state index in [1.54, 1.807) is 6.92 Å². The maximum Gasteiger partial charge on any atom is 0.416 e. The maximum absolute atomic E-state index is 14.9. The van der Waals surface area contributed by atoms with Crippen molar-refractivity contribution < 1.29 is 37.1 Å². The van der Waals surface area contributed by atoms with Gasteiger partial charge in [-0.15, -0.1) is 0 Å². The Morgan fingerprint density at radius 2 is 1.55 bits per heavy atom. The molecule has 1 aromatic carbocycles. The Hall–Kier alpha value is -5.85. The lowest BCUT2D eigenvalue weighted by molar-refractivity contribution is -0.141. The van der Waals surface area contributed by atoms with Crippen LogP contribution in [0.1, 0.15) is 140 Å². The molecule has 0 spiro atoms. The van der Waals surface area contributed by atoms with Gasteiger partial charge in [-0.05, 0) is 106 Å². The number of halogens is 3. The molecule has 2 N–H and O–H groups in total. The number of ketones is 1. The van der Waals surface area contributed by atoms with Gasteiger partial charge in [0, 0.05) is 40.5 Å². The van der Waals surface area contributed by atoms with Crippen molar-refractivity contribution in [1.29, 1.82) is 0 Å². The number of alkyl halides is 3. The Kier molecular flexibility index (Phi) is 9.62. The van der Waals surface area contributed by atoms with Gasteiger partial charge in [0.05, 0.1) is 58.5 Å². The summed E-state index contributed by atoms with van der Waals surface area (Å²) in [5, 5.41) is 0. The number of aryl methyl sites for hydroxylation is 3. The normalized spacial score (nSPS) is 16.9. The van der Waals surface area contributed by atoms with Crippen LogP contribution in [0.5, 0.6) is 0 Å². The average Bonchev–Trinajstić information content (AvgIpc) is 3.81. The second-order valence-electron chi connectivity index (χ2n) is 14.9. The van der Waals surface area contributed by atoms with Crippen molar-refractivity contribution >= 4 is 56.8 Å². The van der Waals surface area contributed by atoms with E-state index in [1.165, 1.54) is 27.0 Å². The van der Waals surface area contributed by atoms with Gasteiger partial charge in [0.2, 0.25) is 0 Å². The molecular weight excluding hydrogens is 723 g/mol. The molecule has 4 aromatic rings. The molecule has 290 valence electrons. The number of allylic oxidation sites excluding steroid dienone is 2. The van der Waals surface area contributed by atoms with E-state index in [-0.39, 0.29) is 46.7 Å². The summed E-state index contributed by atoms with van der Waals surface area (Å²) in [5.41, 5.74) is 7.67. The van der Waals surface area contributed by atoms with Crippen molar-refractivity contribution in [3.63, 3.8) is 0 Å². The summed E-state index contributed by atoms with van der Waals surface area (Å²) in [6.07, 6.45) is -3.75. The Bertz CT molecular complexity index is 2600. The SMILES string of the molecule is CCC1=C(C)c2cc3[nH]c(cc4nc(c5c6[nH]c(cc1n2)c(C)c6C(=O)N(Cc1cc(C)cc(C(F)(F)F)c1)C5=O)[C@@H](CCC(=O)OC)[C@@H]4C)c(C)c3C(C)=O. The van der Waals surface area contributed by atoms with E-state index in [4.69, 9.17) is 14.7 Å². The quantitative estimate of drug-likeness (QED) is 0.109. The molecule has 0 unspecified atom stereocenters. The zero-order chi connectivity index (χ0) is 40.5. The molecule has 7 rings (SSSR count). The number of rotatable bonds is 7. The van der Waals surface area contributed by atoms with Crippen LogP contribution in [0, 0.1) is 20.8 Å². The van der Waals surface area contributed by atoms with Crippen molar-refractivity contribution in [3.8, 4) is 0 Å². The van der Waals surface area contributed by atoms with E-state index >= 15 is 0 Å². The molecule has 10 nitrogen and oxygen atoms in total. The molecular formula is C43H42F3N5O5. The van der Waals surface area contributed by atoms with E-state index < -0.39 is 42.0 Å². The van der Waals surface area contributed by atoms with Gasteiger partial charge < -0.3 is 14.7 Å². The molecule has 8 bridgehead atoms. The number of benzene rings is 1. The third-order valence-electron chi connectivity index (χ3n) is 11.3. The van der Waals surface area contributed by atoms with Crippen LogP contribution < -0.4 is 0 Å². The number of carbonyl (C=O) groups excluding carboxylic acids is 4. The number of aromatic amines is 2. The lowest BCUT2D eigenvalue weighted by atomic mass is 9.84. The molecule has 0 saturated heterocycles. The Morgan fingerprint density at radius 3 is 2.21 bits per heavy atom. The predicted octanol–water partition coefficient (Wildman–Crippen LogP) is 9.44. The highest BCUT2D eigenvalue weighted by Crippen LogP contribution is 2.44. The molecule has 0 radical (unpaired) electrons. The molecule has 0 fully saturated rings. The molecule has 0 saturated carbocycles. The van der Waals surface area contributed by atoms with Gasteiger partial charge in [0.1, 0.15) is 0 Å². The van der Waals surface area contributed by atoms with Gasteiger partial charge in [0.15, 0.2) is 5.78 Å².